The van der Waals surface area contributed by atoms with E-state index < -0.39 is 28.9 Å². The molecule has 0 aliphatic heterocycles. The molecule has 2 heterocycles. The molecule has 0 bridgehead atoms. The Balaban J connectivity index is 0.00000178. The van der Waals surface area contributed by atoms with Crippen LogP contribution >= 0.6 is 17.0 Å². The fraction of sp³-hybridized carbons (Fsp3) is 0.288. The summed E-state index contributed by atoms with van der Waals surface area (Å²) in [5, 5.41) is 14.3. The number of unbranched alkanes of at least 4 members (excludes halogenated alkanes) is 3. The molecule has 0 aliphatic rings. The Morgan fingerprint density at radius 2 is 1.02 bits per heavy atom. The van der Waals surface area contributed by atoms with Gasteiger partial charge in [0, 0.05) is 71.9 Å². The van der Waals surface area contributed by atoms with Gasteiger partial charge in [0.2, 0.25) is 0 Å². The van der Waals surface area contributed by atoms with Crippen LogP contribution in [0, 0.1) is 13.8 Å². The van der Waals surface area contributed by atoms with Crippen LogP contribution in [0.1, 0.15) is 71.4 Å². The first-order valence-electron chi connectivity index (χ1n) is 23.9. The molecule has 0 aliphatic carbocycles. The molecule has 0 unspecified atom stereocenters. The first kappa shape index (κ1) is 46.9. The Kier molecular flexibility index (Phi) is 13.8. The number of halogens is 2. The number of benzene rings is 6. The summed E-state index contributed by atoms with van der Waals surface area (Å²) in [5.41, 5.74) is 13.3. The van der Waals surface area contributed by atoms with Gasteiger partial charge in [-0.2, -0.15) is 12.1 Å². The molecule has 8 aromatic carbocycles. The maximum absolute atomic E-state index is 5.98. The van der Waals surface area contributed by atoms with Gasteiger partial charge in [-0.05, 0) is 81.1 Å². The minimum absolute atomic E-state index is 0.0610. The summed E-state index contributed by atoms with van der Waals surface area (Å²) in [6.07, 6.45) is 4.70. The van der Waals surface area contributed by atoms with Crippen LogP contribution < -0.4 is 10.4 Å². The average molecular weight is 1010 g/mol. The van der Waals surface area contributed by atoms with Crippen LogP contribution in [0.4, 0.5) is 0 Å². The summed E-state index contributed by atoms with van der Waals surface area (Å²) in [7, 11) is 9.80. The van der Waals surface area contributed by atoms with Crippen LogP contribution in [-0.2, 0) is 39.2 Å². The molecule has 0 amide bonds. The molecule has 66 heavy (non-hydrogen) atoms. The van der Waals surface area contributed by atoms with Gasteiger partial charge in [-0.15, -0.1) is 67.3 Å². The summed E-state index contributed by atoms with van der Waals surface area (Å²) < 4.78 is 10.9. The number of para-hydroxylation sites is 2. The molecular formula is C59H62Cl2N2OSiZr. The van der Waals surface area contributed by atoms with Crippen LogP contribution in [0.5, 0.6) is 0 Å². The van der Waals surface area contributed by atoms with E-state index >= 15 is 0 Å². The van der Waals surface area contributed by atoms with Crippen LogP contribution in [0.3, 0.4) is 0 Å². The van der Waals surface area contributed by atoms with Gasteiger partial charge in [0.05, 0.1) is 5.60 Å². The first-order valence-corrected chi connectivity index (χ1v) is 32.7. The Morgan fingerprint density at radius 3 is 1.58 bits per heavy atom. The number of aromatic nitrogens is 2. The molecule has 0 atom stereocenters. The van der Waals surface area contributed by atoms with Gasteiger partial charge in [-0.1, -0.05) is 124 Å². The maximum atomic E-state index is 5.98. The van der Waals surface area contributed by atoms with Gasteiger partial charge in [0.15, 0.2) is 0 Å². The number of aryl methyl sites for hydroxylation is 4. The fourth-order valence-electron chi connectivity index (χ4n) is 11.6. The first-order chi connectivity index (χ1) is 31.9. The van der Waals surface area contributed by atoms with Crippen LogP contribution in [0.25, 0.3) is 87.4 Å². The summed E-state index contributed by atoms with van der Waals surface area (Å²) in [5.74, 6) is 0. The van der Waals surface area contributed by atoms with E-state index in [1.165, 1.54) is 118 Å². The van der Waals surface area contributed by atoms with Gasteiger partial charge in [0.1, 0.15) is 0 Å². The molecule has 0 radical (unpaired) electrons. The molecule has 10 rings (SSSR count). The molecule has 0 saturated carbocycles. The van der Waals surface area contributed by atoms with E-state index in [1.54, 1.807) is 10.4 Å². The van der Waals surface area contributed by atoms with E-state index in [9.17, 15) is 0 Å². The zero-order valence-electron chi connectivity index (χ0n) is 39.9. The van der Waals surface area contributed by atoms with Crippen molar-refractivity contribution < 1.29 is 25.6 Å². The molecule has 336 valence electrons. The minimum atomic E-state index is -2.26. The quantitative estimate of drug-likeness (QED) is 0.0640. The predicted molar refractivity (Wildman–Crippen MR) is 288 cm³/mol. The van der Waals surface area contributed by atoms with Gasteiger partial charge in [0.25, 0.3) is 0 Å². The summed E-state index contributed by atoms with van der Waals surface area (Å²) in [6.45, 7) is 18.0. The Hall–Kier alpha value is -4.22. The second-order valence-electron chi connectivity index (χ2n) is 19.4. The Morgan fingerprint density at radius 1 is 0.545 bits per heavy atom. The third-order valence-corrected chi connectivity index (χ3v) is 20.2. The van der Waals surface area contributed by atoms with Gasteiger partial charge >= 0.3 is 37.9 Å². The van der Waals surface area contributed by atoms with E-state index in [0.717, 1.165) is 31.7 Å². The number of hydrogen-bond acceptors (Lipinski definition) is 1. The second-order valence-corrected chi connectivity index (χ2v) is 27.7. The normalized spacial score (nSPS) is 12.3. The Bertz CT molecular complexity index is 3360. The van der Waals surface area contributed by atoms with Crippen LogP contribution in [0.15, 0.2) is 133 Å². The zero-order valence-corrected chi connectivity index (χ0v) is 44.9. The van der Waals surface area contributed by atoms with Crippen molar-refractivity contribution >= 4 is 101 Å². The van der Waals surface area contributed by atoms with E-state index in [1.807, 2.05) is 0 Å². The number of nitrogens with zero attached hydrogens (tertiary/aromatic N) is 2. The van der Waals surface area contributed by atoms with Crippen molar-refractivity contribution in [3.63, 3.8) is 0 Å². The molecule has 0 spiro atoms. The predicted octanol–water partition coefficient (Wildman–Crippen LogP) is 16.5. The van der Waals surface area contributed by atoms with Gasteiger partial charge in [-0.25, -0.2) is 0 Å². The van der Waals surface area contributed by atoms with E-state index in [0.29, 0.717) is 0 Å². The third kappa shape index (κ3) is 8.40. The number of ether oxygens (including phenoxy) is 1. The SMILES string of the molecule is CC[Si](CC)([c-]1c(C)cc2c(-c3ccc4c(c3)c3ccccc3n4C)cccc21)[c-]1c(C)cc2c(-c3ccc4c(c3)c3ccccc3n4CCCCCCOC(C)(C)C)cccc21.[Cl][Zr+2][Cl]. The molecule has 2 aromatic heterocycles. The van der Waals surface area contributed by atoms with Crippen molar-refractivity contribution in [2.24, 2.45) is 7.05 Å². The van der Waals surface area contributed by atoms with Crippen molar-refractivity contribution in [1.82, 2.24) is 9.13 Å². The third-order valence-electron chi connectivity index (χ3n) is 14.5. The molecular weight excluding hydrogens is 943 g/mol. The van der Waals surface area contributed by atoms with Crippen LogP contribution in [0.2, 0.25) is 12.1 Å². The summed E-state index contributed by atoms with van der Waals surface area (Å²) in [6, 6.07) is 53.7. The van der Waals surface area contributed by atoms with Gasteiger partial charge < -0.3 is 13.9 Å². The molecule has 10 aromatic rings. The Labute approximate surface area is 411 Å². The molecule has 3 nitrogen and oxygen atoms in total. The molecule has 0 fully saturated rings. The van der Waals surface area contributed by atoms with Crippen molar-refractivity contribution in [2.75, 3.05) is 6.61 Å². The second kappa shape index (κ2) is 19.4. The van der Waals surface area contributed by atoms with Crippen molar-refractivity contribution in [2.45, 2.75) is 98.4 Å². The van der Waals surface area contributed by atoms with Crippen molar-refractivity contribution in [3.05, 3.63) is 145 Å². The topological polar surface area (TPSA) is 19.1 Å². The molecule has 0 saturated heterocycles. The van der Waals surface area contributed by atoms with Gasteiger partial charge in [-0.3, -0.25) is 0 Å². The summed E-state index contributed by atoms with van der Waals surface area (Å²) in [4.78, 5) is 0. The van der Waals surface area contributed by atoms with E-state index in [4.69, 9.17) is 21.8 Å². The zero-order chi connectivity index (χ0) is 46.3. The number of rotatable bonds is 13. The number of hydrogen-bond donors (Lipinski definition) is 0. The van der Waals surface area contributed by atoms with Crippen molar-refractivity contribution in [1.29, 1.82) is 0 Å². The summed E-state index contributed by atoms with van der Waals surface area (Å²) >= 11 is -0.826. The standard InChI is InChI=1S/C59H62N2OSi.2ClH.Zr/c1-9-63(10-2,57-39(3)35-49-43(23-19-25-47(49)57)41-29-31-54-51(37-41)45-21-13-15-27-53(45)60(54)8)58-40(4)36-50-44(24-20-26-48(50)58)42-30-32-56-52(38-42)46-22-14-16-28-55(46)61(56)33-17-11-12-18-34-62-59(5,6)7;;;/h13-16,19-32,35-38H,9-12,17-18,33-34H2,1-8H3;2*1H;/q-2;;;+4/p-2. The number of fused-ring (bicyclic) bond motifs is 8. The molecule has 7 heteroatoms. The van der Waals surface area contributed by atoms with Crippen molar-refractivity contribution in [3.8, 4) is 22.3 Å². The fourth-order valence-corrected chi connectivity index (χ4v) is 16.9. The van der Waals surface area contributed by atoms with E-state index in [-0.39, 0.29) is 5.60 Å². The molecule has 0 N–H and O–H groups in total. The van der Waals surface area contributed by atoms with E-state index in [2.05, 4.69) is 198 Å². The average Bonchev–Trinajstić information content (AvgIpc) is 4.03. The van der Waals surface area contributed by atoms with Crippen LogP contribution in [-0.4, -0.2) is 29.4 Å². The monoisotopic (exact) mass is 1000 g/mol.